The van der Waals surface area contributed by atoms with Crippen molar-refractivity contribution in [3.8, 4) is 0 Å². The van der Waals surface area contributed by atoms with Crippen molar-refractivity contribution in [1.29, 1.82) is 0 Å². The zero-order valence-corrected chi connectivity index (χ0v) is 15.0. The van der Waals surface area contributed by atoms with Gasteiger partial charge in [0, 0.05) is 11.3 Å². The molecule has 0 unspecified atom stereocenters. The van der Waals surface area contributed by atoms with Crippen molar-refractivity contribution in [2.75, 3.05) is 0 Å². The Kier molecular flexibility index (Phi) is 4.92. The normalized spacial score (nSPS) is 25.8. The van der Waals surface area contributed by atoms with Gasteiger partial charge < -0.3 is 0 Å². The van der Waals surface area contributed by atoms with E-state index in [2.05, 4.69) is 54.6 Å². The fourth-order valence-electron chi connectivity index (χ4n) is 5.64. The molecule has 0 amide bonds. The molecule has 3 aliphatic rings. The molecule has 2 fully saturated rings. The summed E-state index contributed by atoms with van der Waals surface area (Å²) >= 11 is 0. The van der Waals surface area contributed by atoms with Crippen LogP contribution in [0.1, 0.15) is 75.7 Å². The Morgan fingerprint density at radius 3 is 1.62 bits per heavy atom. The van der Waals surface area contributed by atoms with E-state index in [1.54, 1.807) is 0 Å². The summed E-state index contributed by atoms with van der Waals surface area (Å²) < 4.78 is 0. The van der Waals surface area contributed by atoms with Gasteiger partial charge in [0.15, 0.2) is 0 Å². The highest BCUT2D eigenvalue weighted by molar-refractivity contribution is 5.35. The van der Waals surface area contributed by atoms with E-state index in [9.17, 15) is 0 Å². The third-order valence-electron chi connectivity index (χ3n) is 6.99. The molecule has 0 heteroatoms. The fraction of sp³-hybridized carbons (Fsp3) is 0.583. The Hall–Kier alpha value is -1.30. The van der Waals surface area contributed by atoms with Crippen LogP contribution in [0.2, 0.25) is 0 Å². The molecule has 0 heterocycles. The molecule has 0 spiro atoms. The molecule has 3 aliphatic carbocycles. The maximum atomic E-state index is 2.66. The van der Waals surface area contributed by atoms with Crippen LogP contribution in [0.25, 0.3) is 0 Å². The molecule has 0 atom stereocenters. The predicted molar refractivity (Wildman–Crippen MR) is 103 cm³/mol. The van der Waals surface area contributed by atoms with Crippen molar-refractivity contribution in [1.82, 2.24) is 0 Å². The van der Waals surface area contributed by atoms with Crippen LogP contribution >= 0.6 is 0 Å². The second-order valence-electron chi connectivity index (χ2n) is 8.32. The van der Waals surface area contributed by atoms with E-state index >= 15 is 0 Å². The summed E-state index contributed by atoms with van der Waals surface area (Å²) in [6, 6.07) is 11.0. The molecule has 1 aromatic carbocycles. The second kappa shape index (κ2) is 7.30. The van der Waals surface area contributed by atoms with E-state index in [1.165, 1.54) is 69.8 Å². The third kappa shape index (κ3) is 3.13. The molecule has 128 valence electrons. The van der Waals surface area contributed by atoms with E-state index in [0.717, 1.165) is 11.8 Å². The first-order valence-corrected chi connectivity index (χ1v) is 10.3. The third-order valence-corrected chi connectivity index (χ3v) is 6.99. The van der Waals surface area contributed by atoms with Gasteiger partial charge in [-0.15, -0.1) is 0 Å². The first kappa shape index (κ1) is 16.2. The molecule has 0 aromatic heterocycles. The molecule has 0 N–H and O–H groups in total. The zero-order chi connectivity index (χ0) is 16.2. The van der Waals surface area contributed by atoms with Crippen LogP contribution < -0.4 is 0 Å². The maximum absolute atomic E-state index is 2.66. The zero-order valence-electron chi connectivity index (χ0n) is 15.0. The summed E-state index contributed by atoms with van der Waals surface area (Å²) in [7, 11) is 0. The largest absolute Gasteiger partial charge is 0.0771 e. The highest BCUT2D eigenvalue weighted by Gasteiger charge is 2.42. The smallest absolute Gasteiger partial charge is 0.0199 e. The highest BCUT2D eigenvalue weighted by atomic mass is 14.5. The number of rotatable bonds is 3. The fourth-order valence-corrected chi connectivity index (χ4v) is 5.64. The second-order valence-corrected chi connectivity index (χ2v) is 8.32. The number of allylic oxidation sites excluding steroid dienone is 4. The van der Waals surface area contributed by atoms with Crippen LogP contribution in [0, 0.1) is 17.3 Å². The monoisotopic (exact) mass is 320 g/mol. The maximum Gasteiger partial charge on any atom is 0.0199 e. The van der Waals surface area contributed by atoms with Crippen LogP contribution in [0.5, 0.6) is 0 Å². The van der Waals surface area contributed by atoms with Gasteiger partial charge in [-0.2, -0.15) is 0 Å². The van der Waals surface area contributed by atoms with Gasteiger partial charge in [0.2, 0.25) is 0 Å². The van der Waals surface area contributed by atoms with Crippen LogP contribution in [0.4, 0.5) is 0 Å². The van der Waals surface area contributed by atoms with E-state index < -0.39 is 0 Å². The minimum Gasteiger partial charge on any atom is -0.0771 e. The summed E-state index contributed by atoms with van der Waals surface area (Å²) in [5.41, 5.74) is 1.80. The Morgan fingerprint density at radius 2 is 1.12 bits per heavy atom. The molecule has 24 heavy (non-hydrogen) atoms. The van der Waals surface area contributed by atoms with Gasteiger partial charge in [-0.3, -0.25) is 0 Å². The van der Waals surface area contributed by atoms with Gasteiger partial charge in [0.25, 0.3) is 0 Å². The highest BCUT2D eigenvalue weighted by Crippen LogP contribution is 2.52. The molecule has 0 aliphatic heterocycles. The van der Waals surface area contributed by atoms with Crippen LogP contribution in [0.15, 0.2) is 54.6 Å². The molecule has 0 radical (unpaired) electrons. The molecular weight excluding hydrogens is 288 g/mol. The van der Waals surface area contributed by atoms with E-state index in [4.69, 9.17) is 0 Å². The SMILES string of the molecule is C1=CC(C2CCCCC2)(C2CCCCC2)C=CC1c1ccccc1. The first-order chi connectivity index (χ1) is 11.9. The lowest BCUT2D eigenvalue weighted by Crippen LogP contribution is -2.38. The minimum atomic E-state index is 0.367. The van der Waals surface area contributed by atoms with Gasteiger partial charge in [0.1, 0.15) is 0 Å². The van der Waals surface area contributed by atoms with Crippen LogP contribution in [-0.2, 0) is 0 Å². The molecule has 0 nitrogen and oxygen atoms in total. The molecule has 0 bridgehead atoms. The van der Waals surface area contributed by atoms with Gasteiger partial charge >= 0.3 is 0 Å². The van der Waals surface area contributed by atoms with Crippen LogP contribution in [0.3, 0.4) is 0 Å². The van der Waals surface area contributed by atoms with Crippen LogP contribution in [-0.4, -0.2) is 0 Å². The Balaban J connectivity index is 1.61. The topological polar surface area (TPSA) is 0 Å². The number of benzene rings is 1. The average molecular weight is 321 g/mol. The van der Waals surface area contributed by atoms with Gasteiger partial charge in [-0.25, -0.2) is 0 Å². The average Bonchev–Trinajstić information content (AvgIpc) is 2.70. The molecular formula is C24H32. The van der Waals surface area contributed by atoms with Crippen molar-refractivity contribution in [2.45, 2.75) is 70.1 Å². The van der Waals surface area contributed by atoms with Crippen molar-refractivity contribution in [2.24, 2.45) is 17.3 Å². The van der Waals surface area contributed by atoms with Gasteiger partial charge in [-0.1, -0.05) is 93.2 Å². The first-order valence-electron chi connectivity index (χ1n) is 10.3. The Morgan fingerprint density at radius 1 is 0.625 bits per heavy atom. The standard InChI is InChI=1S/C24H32/c1-4-10-20(11-5-1)21-16-18-24(19-17-21,22-12-6-2-7-13-22)23-14-8-3-9-15-23/h1,4-5,10-11,16-19,21-23H,2-3,6-9,12-15H2. The number of hydrogen-bond donors (Lipinski definition) is 0. The minimum absolute atomic E-state index is 0.367. The molecule has 1 aromatic rings. The summed E-state index contributed by atoms with van der Waals surface area (Å²) in [6.07, 6.45) is 24.9. The Bertz CT molecular complexity index is 533. The summed E-state index contributed by atoms with van der Waals surface area (Å²) in [6.45, 7) is 0. The lowest BCUT2D eigenvalue weighted by atomic mass is 9.57. The van der Waals surface area contributed by atoms with Crippen molar-refractivity contribution in [3.63, 3.8) is 0 Å². The Labute approximate surface area is 148 Å². The molecule has 2 saturated carbocycles. The van der Waals surface area contributed by atoms with E-state index in [-0.39, 0.29) is 0 Å². The van der Waals surface area contributed by atoms with Crippen molar-refractivity contribution in [3.05, 3.63) is 60.2 Å². The lowest BCUT2D eigenvalue weighted by molar-refractivity contribution is 0.112. The molecule has 0 saturated heterocycles. The summed E-state index contributed by atoms with van der Waals surface area (Å²) in [5.74, 6) is 2.25. The predicted octanol–water partition coefficient (Wildman–Crippen LogP) is 7.04. The van der Waals surface area contributed by atoms with Crippen molar-refractivity contribution < 1.29 is 0 Å². The van der Waals surface area contributed by atoms with Crippen molar-refractivity contribution >= 4 is 0 Å². The van der Waals surface area contributed by atoms with Gasteiger partial charge in [0.05, 0.1) is 0 Å². The van der Waals surface area contributed by atoms with E-state index in [1.807, 2.05) is 0 Å². The molecule has 4 rings (SSSR count). The van der Waals surface area contributed by atoms with Gasteiger partial charge in [-0.05, 0) is 43.1 Å². The summed E-state index contributed by atoms with van der Waals surface area (Å²) in [5, 5.41) is 0. The number of hydrogen-bond acceptors (Lipinski definition) is 0. The quantitative estimate of drug-likeness (QED) is 0.524. The lowest BCUT2D eigenvalue weighted by Gasteiger charge is -2.47. The van der Waals surface area contributed by atoms with E-state index in [0.29, 0.717) is 11.3 Å². The summed E-state index contributed by atoms with van der Waals surface area (Å²) in [4.78, 5) is 0.